The Morgan fingerprint density at radius 3 is 2.76 bits per heavy atom. The van der Waals surface area contributed by atoms with Crippen LogP contribution in [-0.4, -0.2) is 32.9 Å². The van der Waals surface area contributed by atoms with E-state index in [1.807, 2.05) is 12.1 Å². The number of rotatable bonds is 3. The van der Waals surface area contributed by atoms with E-state index in [-0.39, 0.29) is 29.4 Å². The summed E-state index contributed by atoms with van der Waals surface area (Å²) in [5.41, 5.74) is 1.52. The third-order valence-electron chi connectivity index (χ3n) is 6.40. The number of aromatic nitrogens is 1. The summed E-state index contributed by atoms with van der Waals surface area (Å²) in [5.74, 6) is -2.48. The zero-order valence-electron chi connectivity index (χ0n) is 18.3. The lowest BCUT2D eigenvalue weighted by atomic mass is 10.0. The van der Waals surface area contributed by atoms with Crippen LogP contribution in [0.5, 0.6) is 5.75 Å². The van der Waals surface area contributed by atoms with Crippen molar-refractivity contribution in [2.24, 2.45) is 0 Å². The number of aryl methyl sites for hydroxylation is 1. The molecule has 0 saturated heterocycles. The Bertz CT molecular complexity index is 1420. The fourth-order valence-corrected chi connectivity index (χ4v) is 4.81. The predicted molar refractivity (Wildman–Crippen MR) is 124 cm³/mol. The molecule has 34 heavy (non-hydrogen) atoms. The minimum absolute atomic E-state index is 0.130. The predicted octanol–water partition coefficient (Wildman–Crippen LogP) is 3.34. The summed E-state index contributed by atoms with van der Waals surface area (Å²) in [4.78, 5) is 40.4. The fraction of sp³-hybridized carbons (Fsp3) is 0.240. The van der Waals surface area contributed by atoms with Crippen LogP contribution in [0.3, 0.4) is 0 Å². The number of nitrogens with one attached hydrogen (secondary N) is 1. The summed E-state index contributed by atoms with van der Waals surface area (Å²) in [6.07, 6.45) is 1.82. The van der Waals surface area contributed by atoms with Crippen molar-refractivity contribution in [3.05, 3.63) is 97.2 Å². The monoisotopic (exact) mass is 481 g/mol. The molecule has 0 unspecified atom stereocenters. The molecule has 5 rings (SSSR count). The molecule has 2 aliphatic rings. The van der Waals surface area contributed by atoms with Crippen molar-refractivity contribution in [3.8, 4) is 5.75 Å². The van der Waals surface area contributed by atoms with Crippen LogP contribution in [-0.2, 0) is 19.5 Å². The Balaban J connectivity index is 1.51. The zero-order valence-corrected chi connectivity index (χ0v) is 19.0. The average molecular weight is 482 g/mol. The summed E-state index contributed by atoms with van der Waals surface area (Å²) < 4.78 is 15.6. The van der Waals surface area contributed by atoms with Crippen molar-refractivity contribution in [3.63, 3.8) is 0 Å². The number of halogens is 2. The van der Waals surface area contributed by atoms with Crippen molar-refractivity contribution >= 4 is 23.4 Å². The highest BCUT2D eigenvalue weighted by Crippen LogP contribution is 2.34. The number of amides is 2. The first-order valence-electron chi connectivity index (χ1n) is 10.8. The minimum Gasteiger partial charge on any atom is -0.503 e. The van der Waals surface area contributed by atoms with Gasteiger partial charge in [0.25, 0.3) is 11.8 Å². The van der Waals surface area contributed by atoms with Gasteiger partial charge in [0.1, 0.15) is 11.4 Å². The number of aromatic hydroxyl groups is 1. The number of benzene rings is 2. The van der Waals surface area contributed by atoms with Crippen LogP contribution in [0.2, 0.25) is 5.02 Å². The molecular weight excluding hydrogens is 461 g/mol. The van der Waals surface area contributed by atoms with Crippen molar-refractivity contribution < 1.29 is 19.1 Å². The third-order valence-corrected chi connectivity index (χ3v) is 6.64. The summed E-state index contributed by atoms with van der Waals surface area (Å²) in [6.45, 7) is 2.31. The molecule has 9 heteroatoms. The van der Waals surface area contributed by atoms with Gasteiger partial charge in [0, 0.05) is 36.4 Å². The van der Waals surface area contributed by atoms with Crippen LogP contribution in [0.4, 0.5) is 4.39 Å². The number of fused-ring (bicyclic) bond motifs is 5. The van der Waals surface area contributed by atoms with Crippen LogP contribution >= 0.6 is 11.6 Å². The number of hydrogen-bond acceptors (Lipinski definition) is 4. The highest BCUT2D eigenvalue weighted by Gasteiger charge is 2.37. The molecule has 2 aromatic carbocycles. The molecule has 0 aliphatic carbocycles. The smallest absolute Gasteiger partial charge is 0.274 e. The largest absolute Gasteiger partial charge is 0.503 e. The maximum atomic E-state index is 14.1. The molecule has 0 spiro atoms. The Labute approximate surface area is 199 Å². The van der Waals surface area contributed by atoms with E-state index >= 15 is 0 Å². The standard InChI is InChI=1S/C25H21ClFN3O4/c1-13-2-3-14(20(27)6-13)9-28-24(33)19-12-30-18-8-16-7-17(26)5-4-15(16)10-29(11-18)25(34)21(30)23(32)22(19)31/h2-7,12,18,32H,8-11H2,1H3,(H,28,33)/t18-/m1/s1. The van der Waals surface area contributed by atoms with E-state index in [1.165, 1.54) is 16.8 Å². The molecule has 2 N–H and O–H groups in total. The first kappa shape index (κ1) is 22.2. The summed E-state index contributed by atoms with van der Waals surface area (Å²) in [6, 6.07) is 9.79. The molecule has 3 aromatic rings. The summed E-state index contributed by atoms with van der Waals surface area (Å²) in [5, 5.41) is 13.8. The summed E-state index contributed by atoms with van der Waals surface area (Å²) >= 11 is 6.17. The van der Waals surface area contributed by atoms with Gasteiger partial charge < -0.3 is 19.9 Å². The van der Waals surface area contributed by atoms with Crippen LogP contribution in [0.1, 0.15) is 49.1 Å². The molecule has 1 atom stereocenters. The van der Waals surface area contributed by atoms with Crippen molar-refractivity contribution in [2.45, 2.75) is 32.5 Å². The normalized spacial score (nSPS) is 16.5. The van der Waals surface area contributed by atoms with E-state index in [9.17, 15) is 23.9 Å². The number of carbonyl (C=O) groups is 2. The fourth-order valence-electron chi connectivity index (χ4n) is 4.62. The Morgan fingerprint density at radius 2 is 2.00 bits per heavy atom. The zero-order chi connectivity index (χ0) is 24.1. The topological polar surface area (TPSA) is 91.6 Å². The average Bonchev–Trinajstić information content (AvgIpc) is 2.96. The molecular formula is C25H21ClFN3O4. The molecule has 0 saturated carbocycles. The van der Waals surface area contributed by atoms with E-state index < -0.39 is 28.8 Å². The Kier molecular flexibility index (Phi) is 5.40. The van der Waals surface area contributed by atoms with Gasteiger partial charge in [-0.05, 0) is 48.2 Å². The molecule has 0 radical (unpaired) electrons. The van der Waals surface area contributed by atoms with Crippen LogP contribution in [0.25, 0.3) is 0 Å². The van der Waals surface area contributed by atoms with Crippen molar-refractivity contribution in [2.75, 3.05) is 6.54 Å². The van der Waals surface area contributed by atoms with Crippen LogP contribution < -0.4 is 10.7 Å². The molecule has 3 heterocycles. The van der Waals surface area contributed by atoms with Crippen molar-refractivity contribution in [1.82, 2.24) is 14.8 Å². The second-order valence-corrected chi connectivity index (χ2v) is 9.15. The molecule has 0 fully saturated rings. The SMILES string of the molecule is Cc1ccc(CNC(=O)c2cn3c(c(O)c2=O)C(=O)N2Cc4ccc(Cl)cc4C[C@@H]3C2)c(F)c1. The molecule has 7 nitrogen and oxygen atoms in total. The maximum absolute atomic E-state index is 14.1. The number of nitrogens with zero attached hydrogens (tertiary/aromatic N) is 2. The van der Waals surface area contributed by atoms with E-state index in [0.717, 1.165) is 16.7 Å². The minimum atomic E-state index is -0.943. The maximum Gasteiger partial charge on any atom is 0.274 e. The highest BCUT2D eigenvalue weighted by molar-refractivity contribution is 6.30. The van der Waals surface area contributed by atoms with Gasteiger partial charge in [-0.3, -0.25) is 14.4 Å². The molecule has 1 aromatic heterocycles. The summed E-state index contributed by atoms with van der Waals surface area (Å²) in [7, 11) is 0. The molecule has 2 bridgehead atoms. The molecule has 2 aliphatic heterocycles. The van der Waals surface area contributed by atoms with Gasteiger partial charge in [-0.15, -0.1) is 0 Å². The lowest BCUT2D eigenvalue weighted by Gasteiger charge is -2.34. The van der Waals surface area contributed by atoms with Gasteiger partial charge in [-0.25, -0.2) is 4.39 Å². The quantitative estimate of drug-likeness (QED) is 0.600. The first-order chi connectivity index (χ1) is 16.2. The lowest BCUT2D eigenvalue weighted by molar-refractivity contribution is 0.0653. The van der Waals surface area contributed by atoms with Gasteiger partial charge in [-0.1, -0.05) is 29.8 Å². The second-order valence-electron chi connectivity index (χ2n) is 8.71. The molecule has 174 valence electrons. The van der Waals surface area contributed by atoms with Crippen molar-refractivity contribution in [1.29, 1.82) is 0 Å². The Morgan fingerprint density at radius 1 is 1.21 bits per heavy atom. The second kappa shape index (κ2) is 8.29. The van der Waals surface area contributed by atoms with E-state index in [0.29, 0.717) is 24.5 Å². The van der Waals surface area contributed by atoms with E-state index in [1.54, 1.807) is 30.0 Å². The highest BCUT2D eigenvalue weighted by atomic mass is 35.5. The van der Waals surface area contributed by atoms with Gasteiger partial charge in [0.15, 0.2) is 11.4 Å². The van der Waals surface area contributed by atoms with Gasteiger partial charge >= 0.3 is 0 Å². The number of hydrogen-bond donors (Lipinski definition) is 2. The number of pyridine rings is 1. The van der Waals surface area contributed by atoms with Gasteiger partial charge in [-0.2, -0.15) is 0 Å². The third kappa shape index (κ3) is 3.74. The van der Waals surface area contributed by atoms with Crippen LogP contribution in [0, 0.1) is 12.7 Å². The van der Waals surface area contributed by atoms with Gasteiger partial charge in [0.2, 0.25) is 5.43 Å². The van der Waals surface area contributed by atoms with Gasteiger partial charge in [0.05, 0.1) is 6.04 Å². The first-order valence-corrected chi connectivity index (χ1v) is 11.2. The lowest BCUT2D eigenvalue weighted by Crippen LogP contribution is -2.44. The number of carbonyl (C=O) groups excluding carboxylic acids is 2. The Hall–Kier alpha value is -3.65. The van der Waals surface area contributed by atoms with E-state index in [4.69, 9.17) is 11.6 Å². The van der Waals surface area contributed by atoms with Crippen LogP contribution in [0.15, 0.2) is 47.4 Å². The molecule has 2 amide bonds. The van der Waals surface area contributed by atoms with E-state index in [2.05, 4.69) is 5.32 Å².